The van der Waals surface area contributed by atoms with Crippen LogP contribution in [0.1, 0.15) is 12.8 Å². The molecule has 2 aromatic rings. The molecule has 4 nitrogen and oxygen atoms in total. The van der Waals surface area contributed by atoms with Gasteiger partial charge in [-0.3, -0.25) is 4.79 Å². The highest BCUT2D eigenvalue weighted by atomic mass is 16.3. The van der Waals surface area contributed by atoms with E-state index in [9.17, 15) is 9.90 Å². The summed E-state index contributed by atoms with van der Waals surface area (Å²) in [5, 5.41) is 14.1. The zero-order chi connectivity index (χ0) is 13.0. The van der Waals surface area contributed by atoms with Crippen LogP contribution in [0.4, 0.5) is 5.69 Å². The molecular weight excluding hydrogens is 228 g/mol. The predicted molar refractivity (Wildman–Crippen MR) is 72.5 cm³/mol. The van der Waals surface area contributed by atoms with Gasteiger partial charge in [-0.15, -0.1) is 0 Å². The Morgan fingerprint density at radius 2 is 1.89 bits per heavy atom. The van der Waals surface area contributed by atoms with Gasteiger partial charge in [-0.2, -0.15) is 0 Å². The van der Waals surface area contributed by atoms with Crippen LogP contribution in [0, 0.1) is 0 Å². The first kappa shape index (κ1) is 12.4. The Morgan fingerprint density at radius 3 is 2.67 bits per heavy atom. The first-order valence-electron chi connectivity index (χ1n) is 5.93. The fourth-order valence-electron chi connectivity index (χ4n) is 1.88. The van der Waals surface area contributed by atoms with Crippen molar-refractivity contribution in [3.8, 4) is 5.75 Å². The van der Waals surface area contributed by atoms with Crippen molar-refractivity contribution in [2.24, 2.45) is 5.73 Å². The van der Waals surface area contributed by atoms with Crippen LogP contribution in [0.5, 0.6) is 5.75 Å². The van der Waals surface area contributed by atoms with E-state index in [2.05, 4.69) is 5.32 Å². The zero-order valence-corrected chi connectivity index (χ0v) is 10.0. The minimum absolute atomic E-state index is 0.0590. The maximum atomic E-state index is 11.7. The number of benzene rings is 2. The number of phenols is 1. The van der Waals surface area contributed by atoms with Crippen LogP contribution >= 0.6 is 0 Å². The lowest BCUT2D eigenvalue weighted by molar-refractivity contribution is -0.116. The van der Waals surface area contributed by atoms with Crippen LogP contribution in [-0.2, 0) is 4.79 Å². The molecule has 0 aliphatic rings. The summed E-state index contributed by atoms with van der Waals surface area (Å²) in [6.07, 6.45) is 1.08. The number of nitrogens with two attached hydrogens (primary N) is 1. The number of carbonyl (C=O) groups is 1. The molecule has 4 heteroatoms. The molecule has 2 aromatic carbocycles. The first-order chi connectivity index (χ1) is 8.72. The lowest BCUT2D eigenvalue weighted by Crippen LogP contribution is -2.13. The second kappa shape index (κ2) is 5.51. The Hall–Kier alpha value is -2.07. The Bertz CT molecular complexity index is 567. The van der Waals surface area contributed by atoms with Crippen molar-refractivity contribution >= 4 is 22.4 Å². The molecule has 0 saturated heterocycles. The predicted octanol–water partition coefficient (Wildman–Crippen LogP) is 2.22. The first-order valence-corrected chi connectivity index (χ1v) is 5.93. The van der Waals surface area contributed by atoms with Gasteiger partial charge in [0.2, 0.25) is 5.91 Å². The molecule has 0 atom stereocenters. The van der Waals surface area contributed by atoms with Crippen LogP contribution in [0.15, 0.2) is 36.4 Å². The SMILES string of the molecule is NCCCC(=O)Nc1cccc2c(O)cccc12. The summed E-state index contributed by atoms with van der Waals surface area (Å²) >= 11 is 0. The quantitative estimate of drug-likeness (QED) is 0.772. The molecule has 0 aliphatic carbocycles. The summed E-state index contributed by atoms with van der Waals surface area (Å²) in [7, 11) is 0. The third-order valence-electron chi connectivity index (χ3n) is 2.78. The molecule has 0 spiro atoms. The molecule has 0 bridgehead atoms. The van der Waals surface area contributed by atoms with Crippen molar-refractivity contribution in [1.29, 1.82) is 0 Å². The number of hydrogen-bond donors (Lipinski definition) is 3. The van der Waals surface area contributed by atoms with E-state index in [0.29, 0.717) is 25.1 Å². The Kier molecular flexibility index (Phi) is 3.79. The minimum atomic E-state index is -0.0590. The van der Waals surface area contributed by atoms with Crippen molar-refractivity contribution in [2.75, 3.05) is 11.9 Å². The van der Waals surface area contributed by atoms with Crippen LogP contribution in [0.2, 0.25) is 0 Å². The molecule has 0 unspecified atom stereocenters. The number of amides is 1. The maximum absolute atomic E-state index is 11.7. The fraction of sp³-hybridized carbons (Fsp3) is 0.214. The number of fused-ring (bicyclic) bond motifs is 1. The van der Waals surface area contributed by atoms with Gasteiger partial charge in [0, 0.05) is 22.9 Å². The van der Waals surface area contributed by atoms with E-state index >= 15 is 0 Å². The average molecular weight is 244 g/mol. The highest BCUT2D eigenvalue weighted by Gasteiger charge is 2.06. The highest BCUT2D eigenvalue weighted by molar-refractivity contribution is 6.03. The van der Waals surface area contributed by atoms with Crippen LogP contribution in [0.25, 0.3) is 10.8 Å². The number of aromatic hydroxyl groups is 1. The average Bonchev–Trinajstić information content (AvgIpc) is 2.38. The fourth-order valence-corrected chi connectivity index (χ4v) is 1.88. The van der Waals surface area contributed by atoms with E-state index in [1.165, 1.54) is 0 Å². The zero-order valence-electron chi connectivity index (χ0n) is 10.0. The number of hydrogen-bond acceptors (Lipinski definition) is 3. The lowest BCUT2D eigenvalue weighted by Gasteiger charge is -2.09. The molecule has 0 fully saturated rings. The largest absolute Gasteiger partial charge is 0.507 e. The standard InChI is InChI=1S/C14H16N2O2/c15-9-3-8-14(18)16-12-6-1-5-11-10(12)4-2-7-13(11)17/h1-2,4-7,17H,3,8-9,15H2,(H,16,18). The molecule has 0 aliphatic heterocycles. The van der Waals surface area contributed by atoms with E-state index in [1.54, 1.807) is 18.2 Å². The van der Waals surface area contributed by atoms with E-state index < -0.39 is 0 Å². The maximum Gasteiger partial charge on any atom is 0.224 e. The van der Waals surface area contributed by atoms with Gasteiger partial charge < -0.3 is 16.2 Å². The van der Waals surface area contributed by atoms with Crippen molar-refractivity contribution in [3.05, 3.63) is 36.4 Å². The third kappa shape index (κ3) is 2.60. The van der Waals surface area contributed by atoms with Gasteiger partial charge in [0.1, 0.15) is 5.75 Å². The molecule has 0 aromatic heterocycles. The molecule has 0 saturated carbocycles. The van der Waals surface area contributed by atoms with Gasteiger partial charge in [0.15, 0.2) is 0 Å². The van der Waals surface area contributed by atoms with Gasteiger partial charge in [0.05, 0.1) is 0 Å². The van der Waals surface area contributed by atoms with Crippen molar-refractivity contribution in [3.63, 3.8) is 0 Å². The normalized spacial score (nSPS) is 10.5. The van der Waals surface area contributed by atoms with E-state index in [0.717, 1.165) is 10.8 Å². The Morgan fingerprint density at radius 1 is 1.17 bits per heavy atom. The van der Waals surface area contributed by atoms with E-state index in [4.69, 9.17) is 5.73 Å². The number of carbonyl (C=O) groups excluding carboxylic acids is 1. The molecule has 94 valence electrons. The Balaban J connectivity index is 2.28. The molecule has 1 amide bonds. The topological polar surface area (TPSA) is 75.4 Å². The summed E-state index contributed by atoms with van der Waals surface area (Å²) in [6.45, 7) is 0.504. The summed E-state index contributed by atoms with van der Waals surface area (Å²) in [4.78, 5) is 11.7. The van der Waals surface area contributed by atoms with E-state index in [1.807, 2.05) is 18.2 Å². The van der Waals surface area contributed by atoms with Gasteiger partial charge in [-0.05, 0) is 25.1 Å². The second-order valence-corrected chi connectivity index (χ2v) is 4.12. The summed E-state index contributed by atoms with van der Waals surface area (Å²) in [5.41, 5.74) is 6.08. The van der Waals surface area contributed by atoms with Crippen molar-refractivity contribution < 1.29 is 9.90 Å². The number of phenolic OH excluding ortho intramolecular Hbond substituents is 1. The smallest absolute Gasteiger partial charge is 0.224 e. The number of nitrogens with one attached hydrogen (secondary N) is 1. The molecule has 2 rings (SSSR count). The molecule has 4 N–H and O–H groups in total. The van der Waals surface area contributed by atoms with Crippen LogP contribution in [-0.4, -0.2) is 17.6 Å². The molecule has 0 heterocycles. The number of anilines is 1. The summed E-state index contributed by atoms with van der Waals surface area (Å²) in [6, 6.07) is 10.7. The van der Waals surface area contributed by atoms with Gasteiger partial charge in [0.25, 0.3) is 0 Å². The van der Waals surface area contributed by atoms with Crippen molar-refractivity contribution in [2.45, 2.75) is 12.8 Å². The summed E-state index contributed by atoms with van der Waals surface area (Å²) in [5.74, 6) is 0.154. The molecule has 18 heavy (non-hydrogen) atoms. The molecule has 0 radical (unpaired) electrons. The Labute approximate surface area is 105 Å². The van der Waals surface area contributed by atoms with Gasteiger partial charge in [-0.1, -0.05) is 24.3 Å². The third-order valence-corrected chi connectivity index (χ3v) is 2.78. The highest BCUT2D eigenvalue weighted by Crippen LogP contribution is 2.29. The van der Waals surface area contributed by atoms with Crippen LogP contribution < -0.4 is 11.1 Å². The molecular formula is C14H16N2O2. The monoisotopic (exact) mass is 244 g/mol. The number of rotatable bonds is 4. The summed E-state index contributed by atoms with van der Waals surface area (Å²) < 4.78 is 0. The van der Waals surface area contributed by atoms with Crippen LogP contribution in [0.3, 0.4) is 0 Å². The lowest BCUT2D eigenvalue weighted by atomic mass is 10.1. The van der Waals surface area contributed by atoms with Gasteiger partial charge in [-0.25, -0.2) is 0 Å². The van der Waals surface area contributed by atoms with E-state index in [-0.39, 0.29) is 11.7 Å². The minimum Gasteiger partial charge on any atom is -0.507 e. The van der Waals surface area contributed by atoms with Gasteiger partial charge >= 0.3 is 0 Å². The van der Waals surface area contributed by atoms with Crippen molar-refractivity contribution in [1.82, 2.24) is 0 Å². The second-order valence-electron chi connectivity index (χ2n) is 4.12.